The number of nitrogens with one attached hydrogen (secondary N) is 1. The van der Waals surface area contributed by atoms with Crippen molar-refractivity contribution >= 4 is 11.4 Å². The van der Waals surface area contributed by atoms with Gasteiger partial charge in [-0.15, -0.1) is 0 Å². The van der Waals surface area contributed by atoms with E-state index < -0.39 is 0 Å². The molecule has 1 aromatic rings. The lowest BCUT2D eigenvalue weighted by Gasteiger charge is -2.57. The van der Waals surface area contributed by atoms with Crippen LogP contribution in [0.5, 0.6) is 0 Å². The van der Waals surface area contributed by atoms with Crippen molar-refractivity contribution in [3.8, 4) is 6.07 Å². The lowest BCUT2D eigenvalue weighted by molar-refractivity contribution is 0.0107. The van der Waals surface area contributed by atoms with Gasteiger partial charge in [-0.25, -0.2) is 0 Å². The maximum absolute atomic E-state index is 9.11. The Labute approximate surface area is 120 Å². The Balaban J connectivity index is 1.61. The van der Waals surface area contributed by atoms with Gasteiger partial charge in [0.1, 0.15) is 6.07 Å². The van der Waals surface area contributed by atoms with Crippen molar-refractivity contribution in [2.24, 2.45) is 17.8 Å². The monoisotopic (exact) mass is 267 g/mol. The molecule has 1 aromatic carbocycles. The van der Waals surface area contributed by atoms with Gasteiger partial charge in [0, 0.05) is 16.9 Å². The summed E-state index contributed by atoms with van der Waals surface area (Å²) in [4.78, 5) is 0. The van der Waals surface area contributed by atoms with E-state index in [1.165, 1.54) is 38.5 Å². The van der Waals surface area contributed by atoms with Gasteiger partial charge in [-0.05, 0) is 74.5 Å². The summed E-state index contributed by atoms with van der Waals surface area (Å²) in [6.45, 7) is 0. The molecule has 4 aliphatic carbocycles. The molecule has 4 saturated carbocycles. The topological polar surface area (TPSA) is 61.8 Å². The minimum Gasteiger partial charge on any atom is -0.398 e. The molecule has 3 heteroatoms. The Morgan fingerprint density at radius 1 is 1.10 bits per heavy atom. The van der Waals surface area contributed by atoms with E-state index in [1.807, 2.05) is 18.2 Å². The molecule has 0 atom stereocenters. The maximum Gasteiger partial charge on any atom is 0.101 e. The minimum atomic E-state index is 0.289. The molecule has 0 saturated heterocycles. The molecule has 20 heavy (non-hydrogen) atoms. The quantitative estimate of drug-likeness (QED) is 0.806. The highest BCUT2D eigenvalue weighted by Crippen LogP contribution is 2.56. The van der Waals surface area contributed by atoms with Gasteiger partial charge in [-0.1, -0.05) is 0 Å². The fraction of sp³-hybridized carbons (Fsp3) is 0.588. The van der Waals surface area contributed by atoms with Gasteiger partial charge < -0.3 is 11.1 Å². The average molecular weight is 267 g/mol. The number of benzene rings is 1. The summed E-state index contributed by atoms with van der Waals surface area (Å²) in [5.41, 5.74) is 8.32. The van der Waals surface area contributed by atoms with E-state index in [0.29, 0.717) is 11.3 Å². The molecule has 0 unspecified atom stereocenters. The van der Waals surface area contributed by atoms with E-state index in [-0.39, 0.29) is 5.54 Å². The Kier molecular flexibility index (Phi) is 2.51. The van der Waals surface area contributed by atoms with E-state index >= 15 is 0 Å². The van der Waals surface area contributed by atoms with Crippen molar-refractivity contribution in [1.29, 1.82) is 5.26 Å². The Bertz CT molecular complexity index is 549. The van der Waals surface area contributed by atoms with Crippen LogP contribution < -0.4 is 11.1 Å². The van der Waals surface area contributed by atoms with Crippen LogP contribution in [0.25, 0.3) is 0 Å². The fourth-order valence-corrected chi connectivity index (χ4v) is 5.30. The minimum absolute atomic E-state index is 0.289. The number of rotatable bonds is 2. The lowest BCUT2D eigenvalue weighted by atomic mass is 9.53. The highest BCUT2D eigenvalue weighted by Gasteiger charge is 2.50. The molecule has 3 nitrogen and oxygen atoms in total. The van der Waals surface area contributed by atoms with Crippen LogP contribution in [-0.2, 0) is 0 Å². The van der Waals surface area contributed by atoms with Gasteiger partial charge in [0.25, 0.3) is 0 Å². The van der Waals surface area contributed by atoms with Gasteiger partial charge >= 0.3 is 0 Å². The highest BCUT2D eigenvalue weighted by molar-refractivity contribution is 5.62. The largest absolute Gasteiger partial charge is 0.398 e. The summed E-state index contributed by atoms with van der Waals surface area (Å²) in [5, 5.41) is 12.9. The number of hydrogen-bond acceptors (Lipinski definition) is 3. The third kappa shape index (κ3) is 1.86. The van der Waals surface area contributed by atoms with Crippen LogP contribution in [0.1, 0.15) is 44.1 Å². The van der Waals surface area contributed by atoms with Crippen molar-refractivity contribution in [2.75, 3.05) is 11.1 Å². The third-order valence-corrected chi connectivity index (χ3v) is 5.62. The summed E-state index contributed by atoms with van der Waals surface area (Å²) >= 11 is 0. The average Bonchev–Trinajstić information content (AvgIpc) is 2.39. The molecule has 0 aromatic heterocycles. The normalized spacial score (nSPS) is 37.6. The van der Waals surface area contributed by atoms with Crippen molar-refractivity contribution in [2.45, 2.75) is 44.1 Å². The first kappa shape index (κ1) is 12.1. The molecule has 5 rings (SSSR count). The molecule has 0 amide bonds. The predicted molar refractivity (Wildman–Crippen MR) is 80.1 cm³/mol. The van der Waals surface area contributed by atoms with Gasteiger partial charge in [0.2, 0.25) is 0 Å². The van der Waals surface area contributed by atoms with Crippen LogP contribution in [0.4, 0.5) is 11.4 Å². The molecule has 4 bridgehead atoms. The summed E-state index contributed by atoms with van der Waals surface area (Å²) in [6, 6.07) is 7.96. The zero-order chi connectivity index (χ0) is 13.7. The Morgan fingerprint density at radius 3 is 2.25 bits per heavy atom. The number of nitrogens with zero attached hydrogens (tertiary/aromatic N) is 1. The number of nitrogens with two attached hydrogens (primary N) is 1. The molecular formula is C17H21N3. The van der Waals surface area contributed by atoms with Crippen LogP contribution >= 0.6 is 0 Å². The number of hydrogen-bond donors (Lipinski definition) is 2. The number of anilines is 2. The summed E-state index contributed by atoms with van der Waals surface area (Å²) in [6.07, 6.45) is 8.28. The standard InChI is InChI=1S/C17H21N3/c18-10-14-6-15(1-2-16(14)19)20-17-7-11-3-12(8-17)5-13(4-11)9-17/h1-2,6,11-13,20H,3-5,7-9,19H2. The van der Waals surface area contributed by atoms with Crippen LogP contribution in [0.3, 0.4) is 0 Å². The Morgan fingerprint density at radius 2 is 1.70 bits per heavy atom. The first-order chi connectivity index (χ1) is 9.66. The van der Waals surface area contributed by atoms with Gasteiger partial charge in [0.15, 0.2) is 0 Å². The van der Waals surface area contributed by atoms with Crippen molar-refractivity contribution in [3.05, 3.63) is 23.8 Å². The highest BCUT2D eigenvalue weighted by atomic mass is 15.0. The third-order valence-electron chi connectivity index (χ3n) is 5.62. The molecule has 4 aliphatic rings. The van der Waals surface area contributed by atoms with E-state index in [1.54, 1.807) is 0 Å². The number of nitriles is 1. The predicted octanol–water partition coefficient (Wildman–Crippen LogP) is 3.52. The van der Waals surface area contributed by atoms with E-state index in [2.05, 4.69) is 11.4 Å². The van der Waals surface area contributed by atoms with Crippen LogP contribution in [0, 0.1) is 29.1 Å². The Hall–Kier alpha value is -1.69. The van der Waals surface area contributed by atoms with Gasteiger partial charge in [-0.2, -0.15) is 5.26 Å². The van der Waals surface area contributed by atoms with Gasteiger partial charge in [-0.3, -0.25) is 0 Å². The molecular weight excluding hydrogens is 246 g/mol. The second-order valence-corrected chi connectivity index (χ2v) is 7.24. The maximum atomic E-state index is 9.11. The molecule has 3 N–H and O–H groups in total. The smallest absolute Gasteiger partial charge is 0.101 e. The second-order valence-electron chi connectivity index (χ2n) is 7.24. The molecule has 104 valence electrons. The SMILES string of the molecule is N#Cc1cc(NC23CC4CC(CC(C4)C2)C3)ccc1N. The summed E-state index contributed by atoms with van der Waals surface area (Å²) in [7, 11) is 0. The lowest BCUT2D eigenvalue weighted by Crippen LogP contribution is -2.54. The molecule has 0 spiro atoms. The first-order valence-electron chi connectivity index (χ1n) is 7.74. The summed E-state index contributed by atoms with van der Waals surface area (Å²) in [5.74, 6) is 2.79. The number of nitrogen functional groups attached to an aromatic ring is 1. The van der Waals surface area contributed by atoms with E-state index in [4.69, 9.17) is 11.0 Å². The van der Waals surface area contributed by atoms with E-state index in [0.717, 1.165) is 23.4 Å². The van der Waals surface area contributed by atoms with Crippen LogP contribution in [0.2, 0.25) is 0 Å². The molecule has 0 aliphatic heterocycles. The summed E-state index contributed by atoms with van der Waals surface area (Å²) < 4.78 is 0. The van der Waals surface area contributed by atoms with Crippen molar-refractivity contribution in [3.63, 3.8) is 0 Å². The fourth-order valence-electron chi connectivity index (χ4n) is 5.30. The van der Waals surface area contributed by atoms with E-state index in [9.17, 15) is 0 Å². The molecule has 4 fully saturated rings. The molecule has 0 radical (unpaired) electrons. The first-order valence-corrected chi connectivity index (χ1v) is 7.74. The zero-order valence-electron chi connectivity index (χ0n) is 11.7. The van der Waals surface area contributed by atoms with Crippen molar-refractivity contribution < 1.29 is 0 Å². The second kappa shape index (κ2) is 4.15. The van der Waals surface area contributed by atoms with Crippen LogP contribution in [0.15, 0.2) is 18.2 Å². The van der Waals surface area contributed by atoms with Crippen LogP contribution in [-0.4, -0.2) is 5.54 Å². The van der Waals surface area contributed by atoms with Crippen molar-refractivity contribution in [1.82, 2.24) is 0 Å². The molecule has 0 heterocycles. The van der Waals surface area contributed by atoms with Gasteiger partial charge in [0.05, 0.1) is 5.56 Å². The zero-order valence-corrected chi connectivity index (χ0v) is 11.7.